The maximum Gasteiger partial charge on any atom is 0.341 e. The molecule has 0 saturated heterocycles. The van der Waals surface area contributed by atoms with E-state index in [9.17, 15) is 9.90 Å². The third-order valence-electron chi connectivity index (χ3n) is 7.01. The topological polar surface area (TPSA) is 68.7 Å². The Morgan fingerprint density at radius 3 is 2.10 bits per heavy atom. The third-order valence-corrected chi connectivity index (χ3v) is 7.80. The lowest BCUT2D eigenvalue weighted by atomic mass is 9.96. The molecule has 0 aliphatic rings. The molecule has 5 rings (SSSR count). The monoisotopic (exact) mass is 609 g/mol. The van der Waals surface area contributed by atoms with Gasteiger partial charge in [0, 0.05) is 42.1 Å². The van der Waals surface area contributed by atoms with Crippen LogP contribution in [0.4, 0.5) is 0 Å². The molecule has 0 radical (unpaired) electrons. The van der Waals surface area contributed by atoms with Gasteiger partial charge in [-0.2, -0.15) is 0 Å². The molecule has 0 atom stereocenters. The van der Waals surface area contributed by atoms with Gasteiger partial charge in [-0.15, -0.1) is 0 Å². The Labute approximate surface area is 248 Å². The van der Waals surface area contributed by atoms with Crippen LogP contribution in [-0.4, -0.2) is 29.3 Å². The lowest BCUT2D eigenvalue weighted by Gasteiger charge is -2.18. The first kappa shape index (κ1) is 28.4. The number of rotatable bonds is 12. The van der Waals surface area contributed by atoms with Crippen molar-refractivity contribution in [2.24, 2.45) is 0 Å². The molecule has 41 heavy (non-hydrogen) atoms. The van der Waals surface area contributed by atoms with E-state index >= 15 is 0 Å². The standard InChI is InChI=1S/C35H32BrNO4/c1-2-24-13-14-30(37-22-24)15-16-40-32-21-31-27(19-28(32)17-25-9-5-3-6-10-25)20-29(18-26-11-7-4-8-12-26)35(34(31)36)41-23-33(38)39/h3-14,19-22H,2,15-18,23H2,1H3,(H,38,39). The Kier molecular flexibility index (Phi) is 9.32. The number of aliphatic carboxylic acids is 1. The number of pyridine rings is 1. The molecular formula is C35H32BrNO4. The highest BCUT2D eigenvalue weighted by Crippen LogP contribution is 2.41. The van der Waals surface area contributed by atoms with E-state index in [0.29, 0.717) is 25.2 Å². The predicted molar refractivity (Wildman–Crippen MR) is 166 cm³/mol. The van der Waals surface area contributed by atoms with Crippen molar-refractivity contribution < 1.29 is 19.4 Å². The first-order chi connectivity index (χ1) is 20.0. The van der Waals surface area contributed by atoms with E-state index in [0.717, 1.165) is 56.2 Å². The van der Waals surface area contributed by atoms with E-state index < -0.39 is 12.6 Å². The van der Waals surface area contributed by atoms with Gasteiger partial charge in [0.1, 0.15) is 11.5 Å². The van der Waals surface area contributed by atoms with Gasteiger partial charge in [-0.1, -0.05) is 73.7 Å². The maximum absolute atomic E-state index is 11.4. The first-order valence-corrected chi connectivity index (χ1v) is 14.6. The lowest BCUT2D eigenvalue weighted by molar-refractivity contribution is -0.139. The molecule has 0 unspecified atom stereocenters. The SMILES string of the molecule is CCc1ccc(CCOc2cc3c(Br)c(OCC(=O)O)c(Cc4ccccc4)cc3cc2Cc2ccccc2)nc1. The Bertz CT molecular complexity index is 1620. The van der Waals surface area contributed by atoms with Crippen LogP contribution in [0.2, 0.25) is 0 Å². The number of carboxylic acids is 1. The van der Waals surface area contributed by atoms with Crippen molar-refractivity contribution in [2.75, 3.05) is 13.2 Å². The van der Waals surface area contributed by atoms with Crippen LogP contribution >= 0.6 is 15.9 Å². The van der Waals surface area contributed by atoms with E-state index in [-0.39, 0.29) is 0 Å². The van der Waals surface area contributed by atoms with Gasteiger partial charge in [-0.3, -0.25) is 4.98 Å². The smallest absolute Gasteiger partial charge is 0.341 e. The fraction of sp³-hybridized carbons (Fsp3) is 0.200. The van der Waals surface area contributed by atoms with Crippen LogP contribution in [-0.2, 0) is 30.5 Å². The van der Waals surface area contributed by atoms with Crippen molar-refractivity contribution in [1.29, 1.82) is 0 Å². The zero-order chi connectivity index (χ0) is 28.6. The Morgan fingerprint density at radius 1 is 0.829 bits per heavy atom. The highest BCUT2D eigenvalue weighted by atomic mass is 79.9. The molecule has 0 fully saturated rings. The molecule has 1 heterocycles. The van der Waals surface area contributed by atoms with Gasteiger partial charge in [0.2, 0.25) is 0 Å². The average molecular weight is 611 g/mol. The number of hydrogen-bond donors (Lipinski definition) is 1. The van der Waals surface area contributed by atoms with Crippen LogP contribution in [0.3, 0.4) is 0 Å². The fourth-order valence-electron chi connectivity index (χ4n) is 4.87. The molecule has 1 aromatic heterocycles. The Morgan fingerprint density at radius 2 is 1.49 bits per heavy atom. The van der Waals surface area contributed by atoms with Crippen LogP contribution < -0.4 is 9.47 Å². The molecule has 6 heteroatoms. The quantitative estimate of drug-likeness (QED) is 0.156. The molecule has 0 spiro atoms. The number of fused-ring (bicyclic) bond motifs is 1. The second-order valence-electron chi connectivity index (χ2n) is 9.98. The largest absolute Gasteiger partial charge is 0.493 e. The summed E-state index contributed by atoms with van der Waals surface area (Å²) in [4.78, 5) is 16.0. The summed E-state index contributed by atoms with van der Waals surface area (Å²) in [5, 5.41) is 11.3. The number of hydrogen-bond acceptors (Lipinski definition) is 4. The number of halogens is 1. The lowest BCUT2D eigenvalue weighted by Crippen LogP contribution is -2.11. The molecule has 0 aliphatic carbocycles. The summed E-state index contributed by atoms with van der Waals surface area (Å²) in [6, 6.07) is 30.9. The first-order valence-electron chi connectivity index (χ1n) is 13.8. The third kappa shape index (κ3) is 7.33. The summed E-state index contributed by atoms with van der Waals surface area (Å²) in [7, 11) is 0. The van der Waals surface area contributed by atoms with E-state index in [2.05, 4.69) is 76.4 Å². The molecule has 4 aromatic carbocycles. The number of ether oxygens (including phenoxy) is 2. The summed E-state index contributed by atoms with van der Waals surface area (Å²) in [6.45, 7) is 2.18. The molecule has 208 valence electrons. The molecule has 5 aromatic rings. The van der Waals surface area contributed by atoms with Crippen molar-refractivity contribution >= 4 is 32.7 Å². The highest BCUT2D eigenvalue weighted by Gasteiger charge is 2.18. The number of aryl methyl sites for hydroxylation is 1. The second kappa shape index (κ2) is 13.5. The van der Waals surface area contributed by atoms with Crippen LogP contribution in [0.5, 0.6) is 11.5 Å². The zero-order valence-corrected chi connectivity index (χ0v) is 24.6. The van der Waals surface area contributed by atoms with Crippen molar-refractivity contribution in [1.82, 2.24) is 4.98 Å². The maximum atomic E-state index is 11.4. The van der Waals surface area contributed by atoms with Crippen LogP contribution in [0.25, 0.3) is 10.8 Å². The molecule has 0 bridgehead atoms. The minimum atomic E-state index is -1.02. The normalized spacial score (nSPS) is 11.0. The van der Waals surface area contributed by atoms with Crippen LogP contribution in [0, 0.1) is 0 Å². The number of nitrogens with zero attached hydrogens (tertiary/aromatic N) is 1. The second-order valence-corrected chi connectivity index (χ2v) is 10.8. The molecule has 1 N–H and O–H groups in total. The molecule has 0 aliphatic heterocycles. The minimum Gasteiger partial charge on any atom is -0.493 e. The fourth-order valence-corrected chi connectivity index (χ4v) is 5.59. The molecule has 0 saturated carbocycles. The van der Waals surface area contributed by atoms with Crippen LogP contribution in [0.1, 0.15) is 40.4 Å². The highest BCUT2D eigenvalue weighted by molar-refractivity contribution is 9.10. The summed E-state index contributed by atoms with van der Waals surface area (Å²) < 4.78 is 13.0. The van der Waals surface area contributed by atoms with Gasteiger partial charge < -0.3 is 14.6 Å². The van der Waals surface area contributed by atoms with Gasteiger partial charge in [-0.05, 0) is 74.3 Å². The summed E-state index contributed by atoms with van der Waals surface area (Å²) in [5.41, 5.74) is 6.51. The van der Waals surface area contributed by atoms with E-state index in [1.807, 2.05) is 48.7 Å². The number of carboxylic acid groups (broad SMARTS) is 1. The van der Waals surface area contributed by atoms with E-state index in [1.165, 1.54) is 11.1 Å². The Hall–Kier alpha value is -4.16. The number of benzene rings is 4. The van der Waals surface area contributed by atoms with Gasteiger partial charge in [-0.25, -0.2) is 4.79 Å². The molecule has 5 nitrogen and oxygen atoms in total. The summed E-state index contributed by atoms with van der Waals surface area (Å²) in [6.07, 6.45) is 4.91. The predicted octanol–water partition coefficient (Wildman–Crippen LogP) is 7.83. The van der Waals surface area contributed by atoms with Crippen molar-refractivity contribution in [3.8, 4) is 11.5 Å². The Balaban J connectivity index is 1.53. The summed E-state index contributed by atoms with van der Waals surface area (Å²) in [5.74, 6) is 0.295. The van der Waals surface area contributed by atoms with Gasteiger partial charge in [0.25, 0.3) is 0 Å². The van der Waals surface area contributed by atoms with Gasteiger partial charge >= 0.3 is 5.97 Å². The van der Waals surface area contributed by atoms with E-state index in [4.69, 9.17) is 9.47 Å². The van der Waals surface area contributed by atoms with Crippen molar-refractivity contribution in [3.05, 3.63) is 135 Å². The minimum absolute atomic E-state index is 0.425. The van der Waals surface area contributed by atoms with Crippen molar-refractivity contribution in [3.63, 3.8) is 0 Å². The average Bonchev–Trinajstić information content (AvgIpc) is 2.99. The van der Waals surface area contributed by atoms with Gasteiger partial charge in [0.05, 0.1) is 11.1 Å². The van der Waals surface area contributed by atoms with Crippen LogP contribution in [0.15, 0.2) is 102 Å². The zero-order valence-electron chi connectivity index (χ0n) is 23.0. The molecule has 0 amide bonds. The summed E-state index contributed by atoms with van der Waals surface area (Å²) >= 11 is 3.76. The van der Waals surface area contributed by atoms with E-state index in [1.54, 1.807) is 0 Å². The number of aromatic nitrogens is 1. The van der Waals surface area contributed by atoms with Gasteiger partial charge in [0.15, 0.2) is 6.61 Å². The molecular weight excluding hydrogens is 578 g/mol. The van der Waals surface area contributed by atoms with Crippen molar-refractivity contribution in [2.45, 2.75) is 32.6 Å². The number of carbonyl (C=O) groups is 1.